The Bertz CT molecular complexity index is 1130. The van der Waals surface area contributed by atoms with Crippen LogP contribution in [0.5, 0.6) is 0 Å². The molecule has 1 heterocycles. The molecule has 0 aromatic rings. The summed E-state index contributed by atoms with van der Waals surface area (Å²) in [6, 6.07) is 0. The lowest BCUT2D eigenvalue weighted by molar-refractivity contribution is -0.147. The Balaban J connectivity index is 2.19. The third-order valence-electron chi connectivity index (χ3n) is 9.14. The number of hydrogen-bond acceptors (Lipinski definition) is 8. The molecule has 0 spiro atoms. The van der Waals surface area contributed by atoms with Gasteiger partial charge in [0, 0.05) is 13.0 Å². The highest BCUT2D eigenvalue weighted by molar-refractivity contribution is 7.47. The Kier molecular flexibility index (Phi) is 34.4. The molecule has 0 aliphatic carbocycles. The highest BCUT2D eigenvalue weighted by Crippen LogP contribution is 2.43. The molecule has 0 saturated carbocycles. The molecular weight excluding hydrogens is 713 g/mol. The van der Waals surface area contributed by atoms with Crippen molar-refractivity contribution < 1.29 is 37.5 Å². The summed E-state index contributed by atoms with van der Waals surface area (Å²) in [7, 11) is -4.29. The Labute approximate surface area is 335 Å². The van der Waals surface area contributed by atoms with Gasteiger partial charge < -0.3 is 24.8 Å². The third-order valence-corrected chi connectivity index (χ3v) is 10.1. The molecule has 3 N–H and O–H groups in total. The molecule has 0 bridgehead atoms. The predicted molar refractivity (Wildman–Crippen MR) is 228 cm³/mol. The first kappa shape index (κ1) is 50.8. The van der Waals surface area contributed by atoms with Gasteiger partial charge in [0.15, 0.2) is 6.10 Å². The minimum atomic E-state index is -4.29. The second-order valence-electron chi connectivity index (χ2n) is 14.3. The summed E-state index contributed by atoms with van der Waals surface area (Å²) in [5.41, 5.74) is 5.36. The first-order valence-corrected chi connectivity index (χ1v) is 23.1. The molecule has 3 unspecified atom stereocenters. The number of phosphoric acid groups is 1. The monoisotopic (exact) mass is 792 g/mol. The molecule has 0 amide bonds. The van der Waals surface area contributed by atoms with Crippen LogP contribution in [-0.2, 0) is 32.6 Å². The maximum absolute atomic E-state index is 12.4. The third kappa shape index (κ3) is 34.7. The molecule has 1 saturated heterocycles. The van der Waals surface area contributed by atoms with Crippen molar-refractivity contribution in [3.05, 3.63) is 73.1 Å². The molecule has 1 fully saturated rings. The van der Waals surface area contributed by atoms with Gasteiger partial charge in [-0.2, -0.15) is 0 Å². The average molecular weight is 792 g/mol. The van der Waals surface area contributed by atoms with Crippen LogP contribution in [0.25, 0.3) is 0 Å². The summed E-state index contributed by atoms with van der Waals surface area (Å²) in [4.78, 5) is 22.3. The number of rotatable bonds is 39. The number of nitrogens with two attached hydrogens (primary N) is 1. The minimum Gasteiger partial charge on any atom is -0.492 e. The van der Waals surface area contributed by atoms with Crippen molar-refractivity contribution in [3.63, 3.8) is 0 Å². The summed E-state index contributed by atoms with van der Waals surface area (Å²) in [5, 5.41) is 0. The second kappa shape index (κ2) is 37.3. The van der Waals surface area contributed by atoms with Gasteiger partial charge >= 0.3 is 13.8 Å². The molecule has 1 rings (SSSR count). The zero-order valence-corrected chi connectivity index (χ0v) is 35.5. The smallest absolute Gasteiger partial charge is 0.472 e. The summed E-state index contributed by atoms with van der Waals surface area (Å²) in [5.74, 6) is -0.375. The number of carbonyl (C=O) groups is 1. The minimum absolute atomic E-state index is 0.0866. The predicted octanol–water partition coefficient (Wildman–Crippen LogP) is 12.1. The normalized spacial score (nSPS) is 17.8. The number of esters is 1. The molecule has 1 aliphatic rings. The van der Waals surface area contributed by atoms with Crippen molar-refractivity contribution in [1.29, 1.82) is 0 Å². The highest BCUT2D eigenvalue weighted by atomic mass is 31.2. The molecule has 316 valence electrons. The van der Waals surface area contributed by atoms with Gasteiger partial charge in [0.25, 0.3) is 0 Å². The largest absolute Gasteiger partial charge is 0.492 e. The van der Waals surface area contributed by atoms with Crippen molar-refractivity contribution in [3.8, 4) is 0 Å². The zero-order valence-electron chi connectivity index (χ0n) is 34.6. The lowest BCUT2D eigenvalue weighted by Gasteiger charge is -2.19. The van der Waals surface area contributed by atoms with Crippen LogP contribution < -0.4 is 5.73 Å². The number of phosphoric ester groups is 1. The van der Waals surface area contributed by atoms with E-state index < -0.39 is 13.9 Å². The van der Waals surface area contributed by atoms with Crippen LogP contribution in [0.1, 0.15) is 162 Å². The fraction of sp³-hybridized carbons (Fsp3) is 0.711. The standard InChI is InChI=1S/C45H78NO8P/c1-3-5-7-8-9-10-11-12-13-14-17-20-23-26-29-33-38-50-42(41-53-55(48,49)52-39-37-46)40-51-45(47)36-32-28-25-22-19-16-15-18-21-24-27-31-35-44-43(54-44)34-30-6-4-2/h6,16,18-19,21,25,27-28,30-31,33,38,42-44H,3-5,7-15,17,20,22-24,26,29,32,34-37,39-41,46H2,1-2H3,(H,48,49)/b19-16-,21-18-,28-25-,30-6-,31-27-,38-33+/t42-,43?,44?/m1/s1. The topological polar surface area (TPSA) is 130 Å². The molecule has 0 aromatic carbocycles. The van der Waals surface area contributed by atoms with Gasteiger partial charge in [0.05, 0.1) is 31.7 Å². The lowest BCUT2D eigenvalue weighted by atomic mass is 10.0. The number of allylic oxidation sites excluding steroid dienone is 9. The molecule has 9 nitrogen and oxygen atoms in total. The van der Waals surface area contributed by atoms with Crippen molar-refractivity contribution >= 4 is 13.8 Å². The maximum atomic E-state index is 12.4. The van der Waals surface area contributed by atoms with Crippen LogP contribution in [0, 0.1) is 0 Å². The summed E-state index contributed by atoms with van der Waals surface area (Å²) in [6.07, 6.45) is 50.7. The van der Waals surface area contributed by atoms with E-state index in [2.05, 4.69) is 62.5 Å². The van der Waals surface area contributed by atoms with E-state index in [1.165, 1.54) is 83.5 Å². The van der Waals surface area contributed by atoms with Crippen LogP contribution in [0.4, 0.5) is 0 Å². The summed E-state index contributed by atoms with van der Waals surface area (Å²) in [6.45, 7) is 4.00. The SMILES string of the molecule is CC/C=C\CC1OC1C/C=C\C/C=C\C/C=C\C/C=C\CCC(=O)OC[C@H](COP(=O)(O)OCCN)O/C=C/CCCCCCCCCCCCCCCC. The van der Waals surface area contributed by atoms with Crippen LogP contribution >= 0.6 is 7.82 Å². The van der Waals surface area contributed by atoms with Crippen LogP contribution in [-0.4, -0.2) is 55.5 Å². The van der Waals surface area contributed by atoms with E-state index in [0.29, 0.717) is 18.6 Å². The zero-order chi connectivity index (χ0) is 39.9. The van der Waals surface area contributed by atoms with E-state index in [4.69, 9.17) is 29.0 Å². The van der Waals surface area contributed by atoms with E-state index >= 15 is 0 Å². The molecule has 0 aromatic heterocycles. The van der Waals surface area contributed by atoms with Gasteiger partial charge in [-0.3, -0.25) is 13.8 Å². The first-order valence-electron chi connectivity index (χ1n) is 21.6. The number of ether oxygens (including phenoxy) is 3. The van der Waals surface area contributed by atoms with Crippen LogP contribution in [0.15, 0.2) is 73.1 Å². The quantitative estimate of drug-likeness (QED) is 0.0156. The highest BCUT2D eigenvalue weighted by Gasteiger charge is 2.35. The van der Waals surface area contributed by atoms with Crippen molar-refractivity contribution in [2.45, 2.75) is 180 Å². The van der Waals surface area contributed by atoms with E-state index in [0.717, 1.165) is 51.4 Å². The van der Waals surface area contributed by atoms with Crippen molar-refractivity contribution in [1.82, 2.24) is 0 Å². The van der Waals surface area contributed by atoms with Gasteiger partial charge in [-0.25, -0.2) is 4.57 Å². The molecular formula is C45H78NO8P. The Morgan fingerprint density at radius 3 is 1.76 bits per heavy atom. The Hall–Kier alpha value is -2.26. The number of carbonyl (C=O) groups excluding carboxylic acids is 1. The summed E-state index contributed by atoms with van der Waals surface area (Å²) < 4.78 is 38.8. The maximum Gasteiger partial charge on any atom is 0.472 e. The van der Waals surface area contributed by atoms with Gasteiger partial charge in [-0.15, -0.1) is 0 Å². The summed E-state index contributed by atoms with van der Waals surface area (Å²) >= 11 is 0. The molecule has 10 heteroatoms. The number of epoxide rings is 1. The second-order valence-corrected chi connectivity index (χ2v) is 15.7. The molecule has 0 radical (unpaired) electrons. The van der Waals surface area contributed by atoms with Crippen LogP contribution in [0.2, 0.25) is 0 Å². The average Bonchev–Trinajstić information content (AvgIpc) is 3.93. The Morgan fingerprint density at radius 1 is 0.673 bits per heavy atom. The van der Waals surface area contributed by atoms with Gasteiger partial charge in [0.1, 0.15) is 6.61 Å². The fourth-order valence-electron chi connectivity index (χ4n) is 5.81. The lowest BCUT2D eigenvalue weighted by Crippen LogP contribution is -2.25. The Morgan fingerprint density at radius 2 is 1.20 bits per heavy atom. The van der Waals surface area contributed by atoms with Gasteiger partial charge in [-0.1, -0.05) is 158 Å². The van der Waals surface area contributed by atoms with Crippen LogP contribution in [0.3, 0.4) is 0 Å². The molecule has 4 atom stereocenters. The van der Waals surface area contributed by atoms with E-state index in [1.807, 2.05) is 18.2 Å². The molecule has 55 heavy (non-hydrogen) atoms. The number of unbranched alkanes of at least 4 members (excludes halogenated alkanes) is 14. The van der Waals surface area contributed by atoms with Crippen molar-refractivity contribution in [2.24, 2.45) is 5.73 Å². The van der Waals surface area contributed by atoms with E-state index in [9.17, 15) is 14.3 Å². The van der Waals surface area contributed by atoms with E-state index in [-0.39, 0.29) is 38.8 Å². The van der Waals surface area contributed by atoms with Gasteiger partial charge in [-0.05, 0) is 63.9 Å². The number of hydrogen-bond donors (Lipinski definition) is 2. The fourth-order valence-corrected chi connectivity index (χ4v) is 6.58. The van der Waals surface area contributed by atoms with E-state index in [1.54, 1.807) is 6.26 Å². The molecule has 1 aliphatic heterocycles. The van der Waals surface area contributed by atoms with Gasteiger partial charge in [0.2, 0.25) is 0 Å². The van der Waals surface area contributed by atoms with Crippen molar-refractivity contribution in [2.75, 3.05) is 26.4 Å². The first-order chi connectivity index (χ1) is 26.9.